The van der Waals surface area contributed by atoms with Crippen LogP contribution in [0.3, 0.4) is 0 Å². The summed E-state index contributed by atoms with van der Waals surface area (Å²) in [5.74, 6) is 0.0633. The second-order valence-electron chi connectivity index (χ2n) is 6.74. The molecule has 1 unspecified atom stereocenters. The molecule has 0 saturated heterocycles. The Morgan fingerprint density at radius 3 is 2.19 bits per heavy atom. The number of benzene rings is 2. The maximum Gasteiger partial charge on any atom is 0.421 e. The highest BCUT2D eigenvalue weighted by molar-refractivity contribution is 7.91. The minimum absolute atomic E-state index is 0.0549. The minimum Gasteiger partial charge on any atom is -0.376 e. The number of aliphatic hydroxyl groups is 1. The molecule has 0 amide bonds. The van der Waals surface area contributed by atoms with Gasteiger partial charge in [-0.25, -0.2) is 8.42 Å². The van der Waals surface area contributed by atoms with Crippen molar-refractivity contribution in [2.45, 2.75) is 47.3 Å². The molecule has 0 bridgehead atoms. The summed E-state index contributed by atoms with van der Waals surface area (Å²) in [6.07, 6.45) is -3.24. The van der Waals surface area contributed by atoms with Crippen molar-refractivity contribution in [3.8, 4) is 6.07 Å². The van der Waals surface area contributed by atoms with Crippen LogP contribution in [-0.4, -0.2) is 19.7 Å². The fourth-order valence-corrected chi connectivity index (χ4v) is 4.36. The van der Waals surface area contributed by atoms with Crippen molar-refractivity contribution in [3.05, 3.63) is 59.2 Å². The largest absolute Gasteiger partial charge is 0.421 e. The van der Waals surface area contributed by atoms with E-state index in [0.717, 1.165) is 37.1 Å². The lowest BCUT2D eigenvalue weighted by Crippen LogP contribution is -2.39. The van der Waals surface area contributed by atoms with Gasteiger partial charge in [-0.1, -0.05) is 12.1 Å². The maximum atomic E-state index is 13.0. The molecule has 3 rings (SSSR count). The molecular formula is C19H16F3NO3S. The summed E-state index contributed by atoms with van der Waals surface area (Å²) in [7, 11) is -3.97. The predicted molar refractivity (Wildman–Crippen MR) is 90.7 cm³/mol. The highest BCUT2D eigenvalue weighted by atomic mass is 32.2. The number of nitriles is 1. The van der Waals surface area contributed by atoms with Gasteiger partial charge in [0.05, 0.1) is 21.4 Å². The number of hydrogen-bond donors (Lipinski definition) is 1. The number of halogens is 3. The third kappa shape index (κ3) is 3.45. The molecule has 0 spiro atoms. The molecule has 1 atom stereocenters. The average molecular weight is 395 g/mol. The Morgan fingerprint density at radius 1 is 1.11 bits per heavy atom. The van der Waals surface area contributed by atoms with Crippen molar-refractivity contribution in [1.29, 1.82) is 5.26 Å². The van der Waals surface area contributed by atoms with Crippen LogP contribution in [0.25, 0.3) is 0 Å². The molecule has 0 aromatic heterocycles. The van der Waals surface area contributed by atoms with E-state index < -0.39 is 27.2 Å². The van der Waals surface area contributed by atoms with Gasteiger partial charge in [0.25, 0.3) is 0 Å². The van der Waals surface area contributed by atoms with Gasteiger partial charge >= 0.3 is 6.18 Å². The van der Waals surface area contributed by atoms with Crippen LogP contribution in [0.1, 0.15) is 42.4 Å². The van der Waals surface area contributed by atoms with Crippen molar-refractivity contribution in [2.24, 2.45) is 0 Å². The lowest BCUT2D eigenvalue weighted by Gasteiger charge is -2.26. The Hall–Kier alpha value is -2.37. The van der Waals surface area contributed by atoms with Crippen LogP contribution in [0, 0.1) is 11.3 Å². The normalized spacial score (nSPS) is 17.2. The van der Waals surface area contributed by atoms with Gasteiger partial charge in [-0.15, -0.1) is 0 Å². The number of hydrogen-bond acceptors (Lipinski definition) is 4. The molecule has 1 fully saturated rings. The molecule has 1 aliphatic carbocycles. The lowest BCUT2D eigenvalue weighted by atomic mass is 9.96. The zero-order valence-electron chi connectivity index (χ0n) is 14.3. The molecule has 2 aromatic rings. The van der Waals surface area contributed by atoms with Crippen molar-refractivity contribution in [2.75, 3.05) is 0 Å². The highest BCUT2D eigenvalue weighted by Gasteiger charge is 2.51. The van der Waals surface area contributed by atoms with E-state index in [2.05, 4.69) is 0 Å². The molecular weight excluding hydrogens is 379 g/mol. The third-order valence-corrected chi connectivity index (χ3v) is 6.57. The summed E-state index contributed by atoms with van der Waals surface area (Å²) in [5, 5.41) is 18.7. The van der Waals surface area contributed by atoms with Crippen LogP contribution in [0.5, 0.6) is 0 Å². The van der Waals surface area contributed by atoms with Gasteiger partial charge in [0.1, 0.15) is 0 Å². The molecule has 27 heavy (non-hydrogen) atoms. The molecule has 1 N–H and O–H groups in total. The number of sulfone groups is 1. The van der Waals surface area contributed by atoms with Crippen LogP contribution in [0.15, 0.2) is 52.3 Å². The molecule has 0 aliphatic heterocycles. The van der Waals surface area contributed by atoms with E-state index in [1.54, 1.807) is 6.07 Å². The van der Waals surface area contributed by atoms with Gasteiger partial charge in [-0.05, 0) is 67.1 Å². The van der Waals surface area contributed by atoms with Gasteiger partial charge in [-0.2, -0.15) is 18.4 Å². The van der Waals surface area contributed by atoms with Crippen LogP contribution in [0.4, 0.5) is 13.2 Å². The first-order valence-corrected chi connectivity index (χ1v) is 9.65. The molecule has 1 saturated carbocycles. The first kappa shape index (κ1) is 19.4. The maximum absolute atomic E-state index is 13.0. The summed E-state index contributed by atoms with van der Waals surface area (Å²) in [5.41, 5.74) is -2.62. The van der Waals surface area contributed by atoms with Gasteiger partial charge in [0.15, 0.2) is 5.60 Å². The summed E-state index contributed by atoms with van der Waals surface area (Å²) in [4.78, 5) is -0.116. The van der Waals surface area contributed by atoms with Crippen molar-refractivity contribution < 1.29 is 26.7 Å². The Bertz CT molecular complexity index is 1020. The second-order valence-corrected chi connectivity index (χ2v) is 8.65. The van der Waals surface area contributed by atoms with E-state index in [9.17, 15) is 26.7 Å². The Labute approximate surface area is 154 Å². The van der Waals surface area contributed by atoms with Crippen LogP contribution < -0.4 is 0 Å². The predicted octanol–water partition coefficient (Wildman–Crippen LogP) is 4.04. The summed E-state index contributed by atoms with van der Waals surface area (Å²) in [6.45, 7) is 0.613. The molecule has 0 radical (unpaired) electrons. The standard InChI is InChI=1S/C19H16F3NO3S/c1-18(24,19(20,21)22)14-5-7-15(8-6-14)27(25,26)17-9-2-12(11-23)10-16(17)13-3-4-13/h2,5-10,13,24H,3-4H2,1H3. The second kappa shape index (κ2) is 6.36. The molecule has 2 aromatic carbocycles. The Balaban J connectivity index is 2.03. The molecule has 4 nitrogen and oxygen atoms in total. The van der Waals surface area contributed by atoms with E-state index in [0.29, 0.717) is 18.1 Å². The fourth-order valence-electron chi connectivity index (χ4n) is 2.83. The van der Waals surface area contributed by atoms with Crippen molar-refractivity contribution >= 4 is 9.84 Å². The zero-order valence-corrected chi connectivity index (χ0v) is 15.1. The fraction of sp³-hybridized carbons (Fsp3) is 0.316. The van der Waals surface area contributed by atoms with Gasteiger partial charge in [0.2, 0.25) is 9.84 Å². The number of nitrogens with zero attached hydrogens (tertiary/aromatic N) is 1. The number of rotatable bonds is 4. The van der Waals surface area contributed by atoms with E-state index in [1.165, 1.54) is 12.1 Å². The van der Waals surface area contributed by atoms with E-state index in [-0.39, 0.29) is 15.7 Å². The van der Waals surface area contributed by atoms with Crippen molar-refractivity contribution in [1.82, 2.24) is 0 Å². The van der Waals surface area contributed by atoms with Crippen LogP contribution in [-0.2, 0) is 15.4 Å². The minimum atomic E-state index is -4.89. The summed E-state index contributed by atoms with van der Waals surface area (Å²) in [6, 6.07) is 10.3. The van der Waals surface area contributed by atoms with E-state index in [4.69, 9.17) is 5.26 Å². The lowest BCUT2D eigenvalue weighted by molar-refractivity contribution is -0.258. The molecule has 8 heteroatoms. The van der Waals surface area contributed by atoms with Crippen LogP contribution in [0.2, 0.25) is 0 Å². The van der Waals surface area contributed by atoms with Gasteiger partial charge < -0.3 is 5.11 Å². The molecule has 142 valence electrons. The first-order valence-electron chi connectivity index (χ1n) is 8.17. The first-order chi connectivity index (χ1) is 12.5. The smallest absolute Gasteiger partial charge is 0.376 e. The summed E-state index contributed by atoms with van der Waals surface area (Å²) < 4.78 is 64.8. The van der Waals surface area contributed by atoms with Crippen LogP contribution >= 0.6 is 0 Å². The zero-order chi connectivity index (χ0) is 20.0. The quantitative estimate of drug-likeness (QED) is 0.848. The Kier molecular flexibility index (Phi) is 4.57. The average Bonchev–Trinajstić information content (AvgIpc) is 3.45. The summed E-state index contributed by atoms with van der Waals surface area (Å²) >= 11 is 0. The van der Waals surface area contributed by atoms with E-state index >= 15 is 0 Å². The molecule has 0 heterocycles. The topological polar surface area (TPSA) is 78.2 Å². The monoisotopic (exact) mass is 395 g/mol. The molecule has 1 aliphatic rings. The third-order valence-electron chi connectivity index (χ3n) is 4.72. The van der Waals surface area contributed by atoms with E-state index in [1.807, 2.05) is 6.07 Å². The SMILES string of the molecule is CC(O)(c1ccc(S(=O)(=O)c2ccc(C#N)cc2C2CC2)cc1)C(F)(F)F. The highest BCUT2D eigenvalue weighted by Crippen LogP contribution is 2.44. The number of alkyl halides is 3. The van der Waals surface area contributed by atoms with Gasteiger partial charge in [-0.3, -0.25) is 0 Å². The Morgan fingerprint density at radius 2 is 1.70 bits per heavy atom. The van der Waals surface area contributed by atoms with Gasteiger partial charge in [0, 0.05) is 0 Å². The van der Waals surface area contributed by atoms with Crippen molar-refractivity contribution in [3.63, 3.8) is 0 Å².